The van der Waals surface area contributed by atoms with Crippen LogP contribution >= 0.6 is 27.7 Å². The van der Waals surface area contributed by atoms with E-state index >= 15 is 0 Å². The van der Waals surface area contributed by atoms with Gasteiger partial charge in [0.25, 0.3) is 0 Å². The van der Waals surface area contributed by atoms with Crippen LogP contribution in [-0.4, -0.2) is 30.3 Å². The van der Waals surface area contributed by atoms with Crippen LogP contribution in [0.15, 0.2) is 52.4 Å². The Balaban J connectivity index is 1.78. The van der Waals surface area contributed by atoms with Crippen molar-refractivity contribution >= 4 is 27.7 Å². The fourth-order valence-electron chi connectivity index (χ4n) is 1.71. The number of aromatic nitrogens is 5. The van der Waals surface area contributed by atoms with Crippen molar-refractivity contribution in [1.82, 2.24) is 25.2 Å². The molecule has 2 aromatic heterocycles. The van der Waals surface area contributed by atoms with Gasteiger partial charge in [0, 0.05) is 22.6 Å². The Morgan fingerprint density at radius 2 is 2.00 bits per heavy atom. The van der Waals surface area contributed by atoms with Gasteiger partial charge in [0.05, 0.1) is 5.69 Å². The van der Waals surface area contributed by atoms with Gasteiger partial charge in [-0.3, -0.25) is 4.98 Å². The highest BCUT2D eigenvalue weighted by Gasteiger charge is 2.09. The lowest BCUT2D eigenvalue weighted by Crippen LogP contribution is -1.98. The van der Waals surface area contributed by atoms with Crippen LogP contribution in [0.25, 0.3) is 5.69 Å². The second-order valence-electron chi connectivity index (χ2n) is 4.19. The monoisotopic (exact) mass is 363 g/mol. The zero-order valence-electron chi connectivity index (χ0n) is 10.7. The topological polar surface area (TPSA) is 76.7 Å². The van der Waals surface area contributed by atoms with E-state index in [9.17, 15) is 5.11 Å². The molecule has 0 aliphatic rings. The van der Waals surface area contributed by atoms with Crippen LogP contribution in [0.5, 0.6) is 5.75 Å². The van der Waals surface area contributed by atoms with Crippen LogP contribution in [0.1, 0.15) is 5.56 Å². The van der Waals surface area contributed by atoms with E-state index in [0.29, 0.717) is 10.9 Å². The van der Waals surface area contributed by atoms with Gasteiger partial charge in [0.2, 0.25) is 5.16 Å². The lowest BCUT2D eigenvalue weighted by Gasteiger charge is -2.04. The minimum absolute atomic E-state index is 0.209. The van der Waals surface area contributed by atoms with Crippen molar-refractivity contribution in [2.24, 2.45) is 0 Å². The number of nitrogens with zero attached hydrogens (tertiary/aromatic N) is 5. The summed E-state index contributed by atoms with van der Waals surface area (Å²) >= 11 is 4.92. The number of rotatable bonds is 4. The van der Waals surface area contributed by atoms with E-state index in [4.69, 9.17) is 0 Å². The molecule has 0 amide bonds. The van der Waals surface area contributed by atoms with Crippen LogP contribution in [0.4, 0.5) is 0 Å². The third kappa shape index (κ3) is 3.40. The first-order chi connectivity index (χ1) is 10.2. The first kappa shape index (κ1) is 14.0. The maximum Gasteiger partial charge on any atom is 0.214 e. The summed E-state index contributed by atoms with van der Waals surface area (Å²) in [4.78, 5) is 4.13. The van der Waals surface area contributed by atoms with E-state index in [-0.39, 0.29) is 5.75 Å². The highest BCUT2D eigenvalue weighted by Crippen LogP contribution is 2.24. The number of hydrogen-bond acceptors (Lipinski definition) is 6. The lowest BCUT2D eigenvalue weighted by molar-refractivity contribution is 0.475. The fraction of sp³-hybridized carbons (Fsp3) is 0.0769. The molecule has 0 spiro atoms. The zero-order chi connectivity index (χ0) is 14.7. The number of phenols is 1. The maximum atomic E-state index is 9.32. The van der Waals surface area contributed by atoms with E-state index in [1.165, 1.54) is 11.8 Å². The van der Waals surface area contributed by atoms with Crippen molar-refractivity contribution in [3.05, 3.63) is 52.8 Å². The van der Waals surface area contributed by atoms with Gasteiger partial charge in [0.1, 0.15) is 5.75 Å². The maximum absolute atomic E-state index is 9.32. The number of thioether (sulfide) groups is 1. The van der Waals surface area contributed by atoms with E-state index < -0.39 is 0 Å². The third-order valence-electron chi connectivity index (χ3n) is 2.66. The molecular weight excluding hydrogens is 354 g/mol. The molecule has 2 heterocycles. The molecule has 8 heteroatoms. The van der Waals surface area contributed by atoms with Crippen LogP contribution in [0.3, 0.4) is 0 Å². The first-order valence-electron chi connectivity index (χ1n) is 6.02. The highest BCUT2D eigenvalue weighted by atomic mass is 79.9. The van der Waals surface area contributed by atoms with E-state index in [0.717, 1.165) is 15.7 Å². The van der Waals surface area contributed by atoms with Gasteiger partial charge in [-0.25, -0.2) is 0 Å². The number of phenolic OH excluding ortho intramolecular Hbond substituents is 1. The quantitative estimate of drug-likeness (QED) is 0.718. The van der Waals surface area contributed by atoms with Crippen molar-refractivity contribution in [3.8, 4) is 11.4 Å². The lowest BCUT2D eigenvalue weighted by atomic mass is 10.3. The molecule has 1 N–H and O–H groups in total. The Morgan fingerprint density at radius 3 is 2.76 bits per heavy atom. The van der Waals surface area contributed by atoms with E-state index in [1.54, 1.807) is 35.1 Å². The number of tetrazole rings is 1. The smallest absolute Gasteiger partial charge is 0.214 e. The molecule has 0 atom stereocenters. The predicted octanol–water partition coefficient (Wildman–Crippen LogP) is 2.82. The molecule has 0 saturated heterocycles. The molecule has 0 fully saturated rings. The van der Waals surface area contributed by atoms with Crippen LogP contribution in [0.2, 0.25) is 0 Å². The SMILES string of the molecule is Oc1ccc(-n2nnnc2SCc2cncc(Br)c2)cc1. The molecule has 0 aliphatic heterocycles. The van der Waals surface area contributed by atoms with Crippen molar-refractivity contribution in [2.45, 2.75) is 10.9 Å². The average Bonchev–Trinajstić information content (AvgIpc) is 2.94. The Kier molecular flexibility index (Phi) is 4.16. The minimum atomic E-state index is 0.209. The molecular formula is C13H10BrN5OS. The van der Waals surface area contributed by atoms with Gasteiger partial charge in [-0.15, -0.1) is 5.10 Å². The molecule has 0 saturated carbocycles. The Bertz CT molecular complexity index is 746. The van der Waals surface area contributed by atoms with Crippen molar-refractivity contribution in [3.63, 3.8) is 0 Å². The largest absolute Gasteiger partial charge is 0.508 e. The number of benzene rings is 1. The second-order valence-corrected chi connectivity index (χ2v) is 6.05. The van der Waals surface area contributed by atoms with E-state index in [1.807, 2.05) is 12.3 Å². The third-order valence-corrected chi connectivity index (χ3v) is 4.09. The van der Waals surface area contributed by atoms with Crippen LogP contribution < -0.4 is 0 Å². The summed E-state index contributed by atoms with van der Waals surface area (Å²) in [6, 6.07) is 8.73. The fourth-order valence-corrected chi connectivity index (χ4v) is 2.93. The molecule has 106 valence electrons. The molecule has 0 bridgehead atoms. The van der Waals surface area contributed by atoms with Crippen LogP contribution in [-0.2, 0) is 5.75 Å². The summed E-state index contributed by atoms with van der Waals surface area (Å²) in [5.74, 6) is 0.923. The number of halogens is 1. The molecule has 21 heavy (non-hydrogen) atoms. The molecule has 0 aliphatic carbocycles. The van der Waals surface area contributed by atoms with Crippen LogP contribution in [0, 0.1) is 0 Å². The number of aromatic hydroxyl groups is 1. The normalized spacial score (nSPS) is 10.7. The van der Waals surface area contributed by atoms with Gasteiger partial charge in [-0.2, -0.15) is 4.68 Å². The summed E-state index contributed by atoms with van der Waals surface area (Å²) in [6.45, 7) is 0. The molecule has 1 aromatic carbocycles. The Morgan fingerprint density at radius 1 is 1.19 bits per heavy atom. The zero-order valence-corrected chi connectivity index (χ0v) is 13.1. The standard InChI is InChI=1S/C13H10BrN5OS/c14-10-5-9(6-15-7-10)8-21-13-16-17-18-19(13)11-1-3-12(20)4-2-11/h1-7,20H,8H2. The first-order valence-corrected chi connectivity index (χ1v) is 7.80. The second kappa shape index (κ2) is 6.23. The van der Waals surface area contributed by atoms with Crippen molar-refractivity contribution in [2.75, 3.05) is 0 Å². The molecule has 3 aromatic rings. The summed E-state index contributed by atoms with van der Waals surface area (Å²) in [6.07, 6.45) is 3.56. The summed E-state index contributed by atoms with van der Waals surface area (Å²) < 4.78 is 2.58. The van der Waals surface area contributed by atoms with Gasteiger partial charge in [-0.05, 0) is 62.3 Å². The van der Waals surface area contributed by atoms with Crippen molar-refractivity contribution < 1.29 is 5.11 Å². The predicted molar refractivity (Wildman–Crippen MR) is 82.3 cm³/mol. The molecule has 0 radical (unpaired) electrons. The number of hydrogen-bond donors (Lipinski definition) is 1. The summed E-state index contributed by atoms with van der Waals surface area (Å²) in [5.41, 5.74) is 1.88. The molecule has 6 nitrogen and oxygen atoms in total. The average molecular weight is 364 g/mol. The Hall–Kier alpha value is -1.93. The summed E-state index contributed by atoms with van der Waals surface area (Å²) in [5, 5.41) is 21.7. The highest BCUT2D eigenvalue weighted by molar-refractivity contribution is 9.10. The van der Waals surface area contributed by atoms with Gasteiger partial charge >= 0.3 is 0 Å². The van der Waals surface area contributed by atoms with Crippen molar-refractivity contribution in [1.29, 1.82) is 0 Å². The Labute approximate surface area is 133 Å². The van der Waals surface area contributed by atoms with Gasteiger partial charge < -0.3 is 5.11 Å². The van der Waals surface area contributed by atoms with Gasteiger partial charge in [0.15, 0.2) is 0 Å². The molecule has 3 rings (SSSR count). The van der Waals surface area contributed by atoms with E-state index in [2.05, 4.69) is 36.4 Å². The number of pyridine rings is 1. The van der Waals surface area contributed by atoms with Gasteiger partial charge in [-0.1, -0.05) is 11.8 Å². The molecule has 0 unspecified atom stereocenters. The minimum Gasteiger partial charge on any atom is -0.508 e. The summed E-state index contributed by atoms with van der Waals surface area (Å²) in [7, 11) is 0.